The van der Waals surface area contributed by atoms with Crippen molar-refractivity contribution in [2.45, 2.75) is 45.7 Å². The summed E-state index contributed by atoms with van der Waals surface area (Å²) < 4.78 is 6.76. The predicted octanol–water partition coefficient (Wildman–Crippen LogP) is 2.50. The lowest BCUT2D eigenvalue weighted by Gasteiger charge is -2.13. The summed E-state index contributed by atoms with van der Waals surface area (Å²) in [6.07, 6.45) is 6.62. The molecular formula is C14H24N2O2. The summed E-state index contributed by atoms with van der Waals surface area (Å²) in [5.41, 5.74) is 1.32. The molecule has 0 fully saturated rings. The van der Waals surface area contributed by atoms with Crippen molar-refractivity contribution in [2.75, 3.05) is 13.7 Å². The monoisotopic (exact) mass is 252 g/mol. The highest BCUT2D eigenvalue weighted by Crippen LogP contribution is 2.17. The van der Waals surface area contributed by atoms with Crippen molar-refractivity contribution >= 4 is 5.97 Å². The fraction of sp³-hybridized carbons (Fsp3) is 0.643. The van der Waals surface area contributed by atoms with Gasteiger partial charge >= 0.3 is 5.97 Å². The average molecular weight is 252 g/mol. The molecule has 0 aliphatic heterocycles. The lowest BCUT2D eigenvalue weighted by atomic mass is 10.1. The zero-order valence-electron chi connectivity index (χ0n) is 11.6. The smallest absolute Gasteiger partial charge is 0.305 e. The van der Waals surface area contributed by atoms with Crippen LogP contribution in [0.15, 0.2) is 18.5 Å². The number of ether oxygens (including phenoxy) is 1. The number of aromatic nitrogens is 1. The van der Waals surface area contributed by atoms with Gasteiger partial charge in [0.2, 0.25) is 0 Å². The van der Waals surface area contributed by atoms with E-state index in [1.807, 2.05) is 0 Å². The van der Waals surface area contributed by atoms with Crippen LogP contribution in [-0.2, 0) is 16.1 Å². The molecule has 1 heterocycles. The predicted molar refractivity (Wildman–Crippen MR) is 72.4 cm³/mol. The van der Waals surface area contributed by atoms with Gasteiger partial charge in [-0.2, -0.15) is 0 Å². The minimum atomic E-state index is -0.138. The maximum absolute atomic E-state index is 11.0. The van der Waals surface area contributed by atoms with E-state index in [0.29, 0.717) is 12.5 Å². The van der Waals surface area contributed by atoms with Gasteiger partial charge in [0.1, 0.15) is 0 Å². The van der Waals surface area contributed by atoms with Crippen molar-refractivity contribution in [2.24, 2.45) is 0 Å². The Kier molecular flexibility index (Phi) is 6.50. The van der Waals surface area contributed by atoms with Gasteiger partial charge in [-0.05, 0) is 31.0 Å². The van der Waals surface area contributed by atoms with E-state index in [0.717, 1.165) is 25.9 Å². The lowest BCUT2D eigenvalue weighted by Crippen LogP contribution is -2.19. The maximum Gasteiger partial charge on any atom is 0.305 e. The van der Waals surface area contributed by atoms with E-state index >= 15 is 0 Å². The number of carbonyl (C=O) groups is 1. The maximum atomic E-state index is 11.0. The fourth-order valence-corrected chi connectivity index (χ4v) is 2.06. The second-order valence-electron chi connectivity index (χ2n) is 4.38. The number of esters is 1. The van der Waals surface area contributed by atoms with Crippen LogP contribution in [0.3, 0.4) is 0 Å². The largest absolute Gasteiger partial charge is 0.469 e. The van der Waals surface area contributed by atoms with E-state index < -0.39 is 0 Å². The number of nitrogens with one attached hydrogen (secondary N) is 1. The molecule has 0 bridgehead atoms. The van der Waals surface area contributed by atoms with Gasteiger partial charge in [0.15, 0.2) is 0 Å². The van der Waals surface area contributed by atoms with Gasteiger partial charge in [-0.1, -0.05) is 13.8 Å². The SMILES string of the molecule is CCNC(CC)c1ccn(CCCC(=O)OC)c1. The Morgan fingerprint density at radius 1 is 1.50 bits per heavy atom. The molecular weight excluding hydrogens is 228 g/mol. The molecule has 1 aromatic heterocycles. The molecule has 0 saturated carbocycles. The highest BCUT2D eigenvalue weighted by atomic mass is 16.5. The molecule has 4 heteroatoms. The Labute approximate surface area is 109 Å². The summed E-state index contributed by atoms with van der Waals surface area (Å²) >= 11 is 0. The van der Waals surface area contributed by atoms with Gasteiger partial charge in [0.25, 0.3) is 0 Å². The van der Waals surface area contributed by atoms with Gasteiger partial charge in [-0.15, -0.1) is 0 Å². The van der Waals surface area contributed by atoms with Crippen LogP contribution in [0.1, 0.15) is 44.7 Å². The minimum absolute atomic E-state index is 0.138. The molecule has 1 aromatic rings. The highest BCUT2D eigenvalue weighted by molar-refractivity contribution is 5.68. The summed E-state index contributed by atoms with van der Waals surface area (Å²) in [5.74, 6) is -0.138. The van der Waals surface area contributed by atoms with Crippen LogP contribution in [0.25, 0.3) is 0 Å². The average Bonchev–Trinajstić information content (AvgIpc) is 2.84. The minimum Gasteiger partial charge on any atom is -0.469 e. The first-order chi connectivity index (χ1) is 8.71. The Morgan fingerprint density at radius 2 is 2.28 bits per heavy atom. The standard InChI is InChI=1S/C14H24N2O2/c1-4-13(15-5-2)12-8-10-16(11-12)9-6-7-14(17)18-3/h8,10-11,13,15H,4-7,9H2,1-3H3. The van der Waals surface area contributed by atoms with Crippen LogP contribution in [0.2, 0.25) is 0 Å². The van der Waals surface area contributed by atoms with Crippen LogP contribution in [-0.4, -0.2) is 24.2 Å². The molecule has 1 rings (SSSR count). The second kappa shape index (κ2) is 7.93. The topological polar surface area (TPSA) is 43.3 Å². The number of aryl methyl sites for hydroxylation is 1. The van der Waals surface area contributed by atoms with Crippen molar-refractivity contribution in [3.63, 3.8) is 0 Å². The Bertz CT molecular complexity index is 360. The van der Waals surface area contributed by atoms with Crippen LogP contribution >= 0.6 is 0 Å². The van der Waals surface area contributed by atoms with E-state index in [9.17, 15) is 4.79 Å². The molecule has 0 saturated heterocycles. The molecule has 0 spiro atoms. The number of nitrogens with zero attached hydrogens (tertiary/aromatic N) is 1. The zero-order chi connectivity index (χ0) is 13.4. The van der Waals surface area contributed by atoms with Crippen LogP contribution in [0, 0.1) is 0 Å². The molecule has 1 unspecified atom stereocenters. The Morgan fingerprint density at radius 3 is 2.89 bits per heavy atom. The van der Waals surface area contributed by atoms with E-state index in [1.165, 1.54) is 12.7 Å². The molecule has 4 nitrogen and oxygen atoms in total. The first-order valence-corrected chi connectivity index (χ1v) is 6.67. The summed E-state index contributed by atoms with van der Waals surface area (Å²) in [4.78, 5) is 11.0. The Hall–Kier alpha value is -1.29. The highest BCUT2D eigenvalue weighted by Gasteiger charge is 2.09. The molecule has 0 amide bonds. The van der Waals surface area contributed by atoms with Gasteiger partial charge in [0.05, 0.1) is 7.11 Å². The van der Waals surface area contributed by atoms with Crippen LogP contribution in [0.4, 0.5) is 0 Å². The normalized spacial score (nSPS) is 12.4. The summed E-state index contributed by atoms with van der Waals surface area (Å²) in [6.45, 7) is 6.14. The molecule has 1 N–H and O–H groups in total. The molecule has 0 radical (unpaired) electrons. The molecule has 1 atom stereocenters. The van der Waals surface area contributed by atoms with Gasteiger partial charge in [-0.25, -0.2) is 0 Å². The third kappa shape index (κ3) is 4.53. The first-order valence-electron chi connectivity index (χ1n) is 6.67. The van der Waals surface area contributed by atoms with Gasteiger partial charge in [-0.3, -0.25) is 4.79 Å². The zero-order valence-corrected chi connectivity index (χ0v) is 11.6. The number of hydrogen-bond acceptors (Lipinski definition) is 3. The summed E-state index contributed by atoms with van der Waals surface area (Å²) in [6, 6.07) is 2.58. The summed E-state index contributed by atoms with van der Waals surface area (Å²) in [7, 11) is 1.43. The van der Waals surface area contributed by atoms with Crippen molar-refractivity contribution in [1.29, 1.82) is 0 Å². The molecule has 102 valence electrons. The second-order valence-corrected chi connectivity index (χ2v) is 4.38. The van der Waals surface area contributed by atoms with Crippen molar-refractivity contribution in [3.8, 4) is 0 Å². The third-order valence-electron chi connectivity index (χ3n) is 3.06. The molecule has 0 aromatic carbocycles. The van der Waals surface area contributed by atoms with Crippen LogP contribution in [0.5, 0.6) is 0 Å². The van der Waals surface area contributed by atoms with E-state index in [1.54, 1.807) is 0 Å². The third-order valence-corrected chi connectivity index (χ3v) is 3.06. The first kappa shape index (κ1) is 14.8. The van der Waals surface area contributed by atoms with Crippen molar-refractivity contribution < 1.29 is 9.53 Å². The molecule has 18 heavy (non-hydrogen) atoms. The summed E-state index contributed by atoms with van der Waals surface area (Å²) in [5, 5.41) is 3.46. The molecule has 0 aliphatic rings. The van der Waals surface area contributed by atoms with E-state index in [4.69, 9.17) is 0 Å². The lowest BCUT2D eigenvalue weighted by molar-refractivity contribution is -0.140. The van der Waals surface area contributed by atoms with E-state index in [-0.39, 0.29) is 5.97 Å². The van der Waals surface area contributed by atoms with Gasteiger partial charge in [0, 0.05) is 31.4 Å². The number of rotatable bonds is 8. The van der Waals surface area contributed by atoms with Crippen LogP contribution < -0.4 is 5.32 Å². The Balaban J connectivity index is 2.44. The van der Waals surface area contributed by atoms with E-state index in [2.05, 4.69) is 46.9 Å². The van der Waals surface area contributed by atoms with Crippen molar-refractivity contribution in [3.05, 3.63) is 24.0 Å². The fourth-order valence-electron chi connectivity index (χ4n) is 2.06. The van der Waals surface area contributed by atoms with Gasteiger partial charge < -0.3 is 14.6 Å². The number of methoxy groups -OCH3 is 1. The number of hydrogen-bond donors (Lipinski definition) is 1. The number of carbonyl (C=O) groups excluding carboxylic acids is 1. The van der Waals surface area contributed by atoms with Crippen molar-refractivity contribution in [1.82, 2.24) is 9.88 Å². The quantitative estimate of drug-likeness (QED) is 0.723. The molecule has 0 aliphatic carbocycles.